The molecule has 1 amide bonds. The summed E-state index contributed by atoms with van der Waals surface area (Å²) in [6.07, 6.45) is 10.4. The van der Waals surface area contributed by atoms with Crippen molar-refractivity contribution in [2.24, 2.45) is 0 Å². The highest BCUT2D eigenvalue weighted by Gasteiger charge is 2.12. The van der Waals surface area contributed by atoms with Crippen molar-refractivity contribution in [1.29, 1.82) is 0 Å². The molecule has 7 nitrogen and oxygen atoms in total. The second kappa shape index (κ2) is 6.79. The van der Waals surface area contributed by atoms with Gasteiger partial charge in [0.2, 0.25) is 11.9 Å². The Morgan fingerprint density at radius 1 is 1.38 bits per heavy atom. The van der Waals surface area contributed by atoms with E-state index in [0.29, 0.717) is 5.95 Å². The average Bonchev–Trinajstić information content (AvgIpc) is 3.15. The zero-order valence-electron chi connectivity index (χ0n) is 13.7. The molecule has 1 N–H and O–H groups in total. The van der Waals surface area contributed by atoms with Crippen LogP contribution in [-0.4, -0.2) is 39.4 Å². The lowest BCUT2D eigenvalue weighted by atomic mass is 10.2. The molecule has 0 spiro atoms. The smallest absolute Gasteiger partial charge is 0.244 e. The second-order valence-electron chi connectivity index (χ2n) is 5.53. The minimum Gasteiger partial charge on any atom is -0.347 e. The van der Waals surface area contributed by atoms with E-state index in [1.54, 1.807) is 29.8 Å². The maximum atomic E-state index is 12.0. The highest BCUT2D eigenvalue weighted by molar-refractivity contribution is 7.15. The van der Waals surface area contributed by atoms with E-state index in [9.17, 15) is 4.79 Å². The first-order valence-corrected chi connectivity index (χ1v) is 8.31. The van der Waals surface area contributed by atoms with Crippen LogP contribution in [0.5, 0.6) is 0 Å². The zero-order valence-corrected chi connectivity index (χ0v) is 14.5. The first kappa shape index (κ1) is 16.1. The fourth-order valence-electron chi connectivity index (χ4n) is 2.11. The number of imidazole rings is 1. The van der Waals surface area contributed by atoms with Gasteiger partial charge in [0.15, 0.2) is 4.96 Å². The van der Waals surface area contributed by atoms with Gasteiger partial charge in [-0.25, -0.2) is 15.0 Å². The molecule has 1 atom stereocenters. The Hall–Kier alpha value is -2.74. The number of hydrogen-bond donors (Lipinski definition) is 1. The van der Waals surface area contributed by atoms with Crippen LogP contribution >= 0.6 is 11.3 Å². The van der Waals surface area contributed by atoms with Crippen LogP contribution in [-0.2, 0) is 4.79 Å². The molecule has 0 aliphatic rings. The molecule has 0 fully saturated rings. The van der Waals surface area contributed by atoms with Gasteiger partial charge in [-0.1, -0.05) is 0 Å². The summed E-state index contributed by atoms with van der Waals surface area (Å²) in [5.74, 6) is 0.445. The predicted molar refractivity (Wildman–Crippen MR) is 95.0 cm³/mol. The molecule has 1 unspecified atom stereocenters. The van der Waals surface area contributed by atoms with Crippen LogP contribution in [0, 0.1) is 0 Å². The Morgan fingerprint density at radius 3 is 2.79 bits per heavy atom. The molecule has 24 heavy (non-hydrogen) atoms. The summed E-state index contributed by atoms with van der Waals surface area (Å²) in [4.78, 5) is 27.7. The Labute approximate surface area is 143 Å². The molecule has 0 aliphatic heterocycles. The number of hydrogen-bond acceptors (Lipinski definition) is 6. The van der Waals surface area contributed by atoms with Crippen LogP contribution in [0.2, 0.25) is 0 Å². The molecule has 8 heteroatoms. The van der Waals surface area contributed by atoms with E-state index in [1.165, 1.54) is 6.08 Å². The Kier molecular flexibility index (Phi) is 4.57. The molecule has 0 saturated carbocycles. The van der Waals surface area contributed by atoms with Crippen molar-refractivity contribution >= 4 is 34.2 Å². The van der Waals surface area contributed by atoms with Crippen molar-refractivity contribution in [1.82, 2.24) is 24.7 Å². The molecule has 0 aliphatic carbocycles. The van der Waals surface area contributed by atoms with Gasteiger partial charge in [-0.15, -0.1) is 11.3 Å². The molecule has 3 rings (SSSR count). The topological polar surface area (TPSA) is 75.4 Å². The van der Waals surface area contributed by atoms with Gasteiger partial charge in [0, 0.05) is 55.9 Å². The highest BCUT2D eigenvalue weighted by atomic mass is 32.1. The third-order valence-electron chi connectivity index (χ3n) is 3.40. The minimum absolute atomic E-state index is 0.165. The lowest BCUT2D eigenvalue weighted by molar-refractivity contribution is -0.117. The SMILES string of the molecule is CC(NC(=O)C=Cc1cnc(N(C)C)nc1)c1cn2ccsc2n1. The molecular weight excluding hydrogens is 324 g/mol. The van der Waals surface area contributed by atoms with Crippen molar-refractivity contribution in [3.05, 3.63) is 47.5 Å². The van der Waals surface area contributed by atoms with Crippen molar-refractivity contribution in [3.63, 3.8) is 0 Å². The lowest BCUT2D eigenvalue weighted by Crippen LogP contribution is -2.24. The monoisotopic (exact) mass is 342 g/mol. The Bertz CT molecular complexity index is 836. The van der Waals surface area contributed by atoms with Crippen molar-refractivity contribution in [3.8, 4) is 0 Å². The van der Waals surface area contributed by atoms with Crippen LogP contribution in [0.3, 0.4) is 0 Å². The van der Waals surface area contributed by atoms with Crippen molar-refractivity contribution < 1.29 is 4.79 Å². The first-order chi connectivity index (χ1) is 11.5. The summed E-state index contributed by atoms with van der Waals surface area (Å²) in [6, 6.07) is -0.165. The molecule has 124 valence electrons. The van der Waals surface area contributed by atoms with Gasteiger partial charge in [0.05, 0.1) is 11.7 Å². The van der Waals surface area contributed by atoms with Crippen LogP contribution in [0.4, 0.5) is 5.95 Å². The Balaban J connectivity index is 1.60. The zero-order chi connectivity index (χ0) is 17.1. The van der Waals surface area contributed by atoms with Gasteiger partial charge in [0.25, 0.3) is 0 Å². The van der Waals surface area contributed by atoms with Gasteiger partial charge in [-0.05, 0) is 13.0 Å². The number of thiazole rings is 1. The maximum absolute atomic E-state index is 12.0. The Morgan fingerprint density at radius 2 is 2.12 bits per heavy atom. The number of carbonyl (C=O) groups excluding carboxylic acids is 1. The van der Waals surface area contributed by atoms with E-state index in [1.807, 2.05) is 48.1 Å². The van der Waals surface area contributed by atoms with Gasteiger partial charge < -0.3 is 10.2 Å². The minimum atomic E-state index is -0.185. The summed E-state index contributed by atoms with van der Waals surface area (Å²) in [5.41, 5.74) is 1.60. The number of fused-ring (bicyclic) bond motifs is 1. The van der Waals surface area contributed by atoms with Crippen LogP contribution in [0.15, 0.2) is 36.2 Å². The van der Waals surface area contributed by atoms with Gasteiger partial charge >= 0.3 is 0 Å². The standard InChI is InChI=1S/C16H18N6OS/c1-11(13-10-22-6-7-24-16(22)20-13)19-14(23)5-4-12-8-17-15(18-9-12)21(2)3/h4-11H,1-3H3,(H,19,23). The number of anilines is 1. The van der Waals surface area contributed by atoms with Gasteiger partial charge in [-0.3, -0.25) is 9.20 Å². The normalized spacial score (nSPS) is 12.6. The number of aromatic nitrogens is 4. The second-order valence-corrected chi connectivity index (χ2v) is 6.41. The van der Waals surface area contributed by atoms with E-state index in [0.717, 1.165) is 16.2 Å². The summed E-state index contributed by atoms with van der Waals surface area (Å²) in [5, 5.41) is 4.87. The number of rotatable bonds is 5. The molecule has 0 radical (unpaired) electrons. The fraction of sp³-hybridized carbons (Fsp3) is 0.250. The van der Waals surface area contributed by atoms with Gasteiger partial charge in [-0.2, -0.15) is 0 Å². The third kappa shape index (κ3) is 3.60. The molecule has 0 bridgehead atoms. The quantitative estimate of drug-likeness (QED) is 0.719. The fourth-order valence-corrected chi connectivity index (χ4v) is 2.82. The molecule has 3 aromatic rings. The van der Waals surface area contributed by atoms with Crippen molar-refractivity contribution in [2.75, 3.05) is 19.0 Å². The van der Waals surface area contributed by atoms with Crippen molar-refractivity contribution in [2.45, 2.75) is 13.0 Å². The molecule has 3 aromatic heterocycles. The number of amides is 1. The third-order valence-corrected chi connectivity index (χ3v) is 4.17. The predicted octanol–water partition coefficient (Wildman–Crippen LogP) is 2.14. The molecule has 0 aromatic carbocycles. The van der Waals surface area contributed by atoms with E-state index in [2.05, 4.69) is 20.3 Å². The van der Waals surface area contributed by atoms with E-state index in [4.69, 9.17) is 0 Å². The van der Waals surface area contributed by atoms with Crippen LogP contribution in [0.25, 0.3) is 11.0 Å². The average molecular weight is 342 g/mol. The lowest BCUT2D eigenvalue weighted by Gasteiger charge is -2.09. The molecule has 0 saturated heterocycles. The number of nitrogens with zero attached hydrogens (tertiary/aromatic N) is 5. The summed E-state index contributed by atoms with van der Waals surface area (Å²) in [6.45, 7) is 1.91. The largest absolute Gasteiger partial charge is 0.347 e. The molecule has 3 heterocycles. The summed E-state index contributed by atoms with van der Waals surface area (Å²) in [7, 11) is 3.75. The van der Waals surface area contributed by atoms with Crippen LogP contribution < -0.4 is 10.2 Å². The first-order valence-electron chi connectivity index (χ1n) is 7.43. The van der Waals surface area contributed by atoms with E-state index < -0.39 is 0 Å². The van der Waals surface area contributed by atoms with Gasteiger partial charge in [0.1, 0.15) is 0 Å². The van der Waals surface area contributed by atoms with E-state index >= 15 is 0 Å². The number of carbonyl (C=O) groups is 1. The summed E-state index contributed by atoms with van der Waals surface area (Å²) < 4.78 is 1.95. The van der Waals surface area contributed by atoms with E-state index in [-0.39, 0.29) is 11.9 Å². The molecular formula is C16H18N6OS. The highest BCUT2D eigenvalue weighted by Crippen LogP contribution is 2.16. The summed E-state index contributed by atoms with van der Waals surface area (Å²) >= 11 is 1.56. The number of nitrogens with one attached hydrogen (secondary N) is 1. The van der Waals surface area contributed by atoms with Crippen LogP contribution in [0.1, 0.15) is 24.2 Å². The maximum Gasteiger partial charge on any atom is 0.244 e.